The largest absolute Gasteiger partial charge is 0.349 e. The second-order valence-corrected chi connectivity index (χ2v) is 5.20. The van der Waals surface area contributed by atoms with Crippen LogP contribution in [0.5, 0.6) is 0 Å². The normalized spacial score (nSPS) is 22.9. The topological polar surface area (TPSA) is 29.1 Å². The molecule has 1 aromatic rings. The van der Waals surface area contributed by atoms with Gasteiger partial charge in [-0.1, -0.05) is 25.5 Å². The van der Waals surface area contributed by atoms with Crippen molar-refractivity contribution in [3.63, 3.8) is 0 Å². The first-order valence-corrected chi connectivity index (χ1v) is 6.57. The molecule has 3 heteroatoms. The van der Waals surface area contributed by atoms with Crippen molar-refractivity contribution in [2.45, 2.75) is 32.2 Å². The Morgan fingerprint density at radius 3 is 2.94 bits per heavy atom. The highest BCUT2D eigenvalue weighted by molar-refractivity contribution is 9.10. The maximum absolute atomic E-state index is 11.9. The summed E-state index contributed by atoms with van der Waals surface area (Å²) in [6.45, 7) is 2.19. The Balaban J connectivity index is 1.92. The molecule has 0 saturated heterocycles. The van der Waals surface area contributed by atoms with Crippen LogP contribution in [0.2, 0.25) is 0 Å². The molecule has 1 amide bonds. The number of halogens is 1. The second kappa shape index (κ2) is 5.00. The van der Waals surface area contributed by atoms with Crippen LogP contribution in [0.15, 0.2) is 28.7 Å². The van der Waals surface area contributed by atoms with Gasteiger partial charge in [0.2, 0.25) is 0 Å². The first-order chi connectivity index (χ1) is 7.72. The van der Waals surface area contributed by atoms with Crippen molar-refractivity contribution < 1.29 is 4.79 Å². The highest BCUT2D eigenvalue weighted by atomic mass is 79.9. The van der Waals surface area contributed by atoms with E-state index in [0.717, 1.165) is 16.5 Å². The molecule has 1 saturated carbocycles. The molecule has 1 aliphatic rings. The number of carbonyl (C=O) groups is 1. The van der Waals surface area contributed by atoms with Gasteiger partial charge in [0.25, 0.3) is 5.91 Å². The average molecular weight is 282 g/mol. The lowest BCUT2D eigenvalue weighted by molar-refractivity contribution is 0.0948. The fraction of sp³-hybridized carbons (Fsp3) is 0.462. The summed E-state index contributed by atoms with van der Waals surface area (Å²) in [5.41, 5.74) is 0.727. The molecule has 86 valence electrons. The molecule has 2 rings (SSSR count). The molecule has 1 fully saturated rings. The van der Waals surface area contributed by atoms with Gasteiger partial charge in [-0.25, -0.2) is 0 Å². The van der Waals surface area contributed by atoms with Crippen LogP contribution >= 0.6 is 15.9 Å². The van der Waals surface area contributed by atoms with E-state index in [0.29, 0.717) is 12.0 Å². The minimum absolute atomic E-state index is 0.0380. The summed E-state index contributed by atoms with van der Waals surface area (Å²) < 4.78 is 0.861. The third-order valence-electron chi connectivity index (χ3n) is 3.02. The van der Waals surface area contributed by atoms with Crippen molar-refractivity contribution in [2.24, 2.45) is 5.92 Å². The molecule has 0 spiro atoms. The lowest BCUT2D eigenvalue weighted by atomic mass is 10.2. The number of carbonyl (C=O) groups excluding carboxylic acids is 1. The molecular formula is C13H16BrNO. The van der Waals surface area contributed by atoms with Gasteiger partial charge in [0.05, 0.1) is 5.56 Å². The van der Waals surface area contributed by atoms with Crippen molar-refractivity contribution in [1.29, 1.82) is 0 Å². The van der Waals surface area contributed by atoms with E-state index in [2.05, 4.69) is 28.2 Å². The summed E-state index contributed by atoms with van der Waals surface area (Å²) in [6.07, 6.45) is 3.57. The van der Waals surface area contributed by atoms with Crippen molar-refractivity contribution in [1.82, 2.24) is 5.32 Å². The van der Waals surface area contributed by atoms with Gasteiger partial charge < -0.3 is 5.32 Å². The molecule has 0 radical (unpaired) electrons. The van der Waals surface area contributed by atoms with Crippen LogP contribution in [-0.2, 0) is 0 Å². The maximum Gasteiger partial charge on any atom is 0.252 e. The minimum atomic E-state index is 0.0380. The molecule has 0 aromatic heterocycles. The summed E-state index contributed by atoms with van der Waals surface area (Å²) in [4.78, 5) is 11.9. The van der Waals surface area contributed by atoms with Crippen molar-refractivity contribution in [3.05, 3.63) is 34.3 Å². The zero-order chi connectivity index (χ0) is 11.5. The highest BCUT2D eigenvalue weighted by Gasteiger charge is 2.37. The van der Waals surface area contributed by atoms with Crippen LogP contribution in [0.1, 0.15) is 36.5 Å². The zero-order valence-corrected chi connectivity index (χ0v) is 11.0. The first kappa shape index (κ1) is 11.6. The Bertz CT molecular complexity index is 391. The Labute approximate surface area is 105 Å². The standard InChI is InChI=1S/C13H16BrNO/c1-2-5-9-8-12(9)15-13(16)10-6-3-4-7-11(10)14/h3-4,6-7,9,12H,2,5,8H2,1H3,(H,15,16). The number of hydrogen-bond acceptors (Lipinski definition) is 1. The zero-order valence-electron chi connectivity index (χ0n) is 9.37. The Morgan fingerprint density at radius 1 is 1.50 bits per heavy atom. The number of nitrogens with one attached hydrogen (secondary N) is 1. The fourth-order valence-corrected chi connectivity index (χ4v) is 2.47. The molecule has 2 atom stereocenters. The number of amides is 1. The Kier molecular flexibility index (Phi) is 3.64. The van der Waals surface area contributed by atoms with Gasteiger partial charge in [0, 0.05) is 10.5 Å². The summed E-state index contributed by atoms with van der Waals surface area (Å²) in [7, 11) is 0. The highest BCUT2D eigenvalue weighted by Crippen LogP contribution is 2.34. The Morgan fingerprint density at radius 2 is 2.25 bits per heavy atom. The number of rotatable bonds is 4. The van der Waals surface area contributed by atoms with Gasteiger partial charge >= 0.3 is 0 Å². The molecule has 1 aliphatic carbocycles. The smallest absolute Gasteiger partial charge is 0.252 e. The van der Waals surface area contributed by atoms with Crippen molar-refractivity contribution >= 4 is 21.8 Å². The van der Waals surface area contributed by atoms with Gasteiger partial charge in [-0.2, -0.15) is 0 Å². The first-order valence-electron chi connectivity index (χ1n) is 5.77. The SMILES string of the molecule is CCCC1CC1NC(=O)c1ccccc1Br. The van der Waals surface area contributed by atoms with Gasteiger partial charge in [-0.3, -0.25) is 4.79 Å². The molecule has 1 aromatic carbocycles. The minimum Gasteiger partial charge on any atom is -0.349 e. The van der Waals surface area contributed by atoms with Crippen molar-refractivity contribution in [2.75, 3.05) is 0 Å². The third-order valence-corrected chi connectivity index (χ3v) is 3.71. The van der Waals surface area contributed by atoms with Crippen LogP contribution in [0.3, 0.4) is 0 Å². The molecular weight excluding hydrogens is 266 g/mol. The summed E-state index contributed by atoms with van der Waals surface area (Å²) in [5, 5.41) is 3.08. The summed E-state index contributed by atoms with van der Waals surface area (Å²) in [5.74, 6) is 0.743. The predicted octanol–water partition coefficient (Wildman–Crippen LogP) is 3.37. The monoisotopic (exact) mass is 281 g/mol. The number of hydrogen-bond donors (Lipinski definition) is 1. The van der Waals surface area contributed by atoms with Gasteiger partial charge in [-0.15, -0.1) is 0 Å². The van der Waals surface area contributed by atoms with Gasteiger partial charge in [0.1, 0.15) is 0 Å². The summed E-state index contributed by atoms with van der Waals surface area (Å²) >= 11 is 3.39. The van der Waals surface area contributed by atoms with Crippen LogP contribution in [0.25, 0.3) is 0 Å². The molecule has 0 aliphatic heterocycles. The van der Waals surface area contributed by atoms with E-state index in [9.17, 15) is 4.79 Å². The molecule has 16 heavy (non-hydrogen) atoms. The lowest BCUT2D eigenvalue weighted by Crippen LogP contribution is -2.27. The molecule has 0 bridgehead atoms. The van der Waals surface area contributed by atoms with E-state index in [-0.39, 0.29) is 5.91 Å². The van der Waals surface area contributed by atoms with Gasteiger partial charge in [-0.05, 0) is 46.8 Å². The van der Waals surface area contributed by atoms with Crippen molar-refractivity contribution in [3.8, 4) is 0 Å². The second-order valence-electron chi connectivity index (χ2n) is 4.34. The van der Waals surface area contributed by atoms with Crippen LogP contribution in [0, 0.1) is 5.92 Å². The molecule has 2 nitrogen and oxygen atoms in total. The van der Waals surface area contributed by atoms with E-state index >= 15 is 0 Å². The van der Waals surface area contributed by atoms with Gasteiger partial charge in [0.15, 0.2) is 0 Å². The molecule has 1 N–H and O–H groups in total. The average Bonchev–Trinajstić information content (AvgIpc) is 2.97. The summed E-state index contributed by atoms with van der Waals surface area (Å²) in [6, 6.07) is 7.94. The van der Waals surface area contributed by atoms with Crippen LogP contribution in [-0.4, -0.2) is 11.9 Å². The fourth-order valence-electron chi connectivity index (χ4n) is 2.01. The molecule has 2 unspecified atom stereocenters. The van der Waals surface area contributed by atoms with Crippen LogP contribution in [0.4, 0.5) is 0 Å². The third kappa shape index (κ3) is 2.64. The van der Waals surface area contributed by atoms with E-state index in [1.165, 1.54) is 12.8 Å². The van der Waals surface area contributed by atoms with Crippen LogP contribution < -0.4 is 5.32 Å². The van der Waals surface area contributed by atoms with E-state index in [1.54, 1.807) is 0 Å². The molecule has 0 heterocycles. The Hall–Kier alpha value is -0.830. The quantitative estimate of drug-likeness (QED) is 0.901. The van der Waals surface area contributed by atoms with E-state index in [1.807, 2.05) is 24.3 Å². The predicted molar refractivity (Wildman–Crippen MR) is 68.4 cm³/mol. The van der Waals surface area contributed by atoms with E-state index < -0.39 is 0 Å². The lowest BCUT2D eigenvalue weighted by Gasteiger charge is -2.06. The maximum atomic E-state index is 11.9. The van der Waals surface area contributed by atoms with E-state index in [4.69, 9.17) is 0 Å². The number of benzene rings is 1.